The predicted octanol–water partition coefficient (Wildman–Crippen LogP) is -1.26. The zero-order valence-electron chi connectivity index (χ0n) is 20.3. The van der Waals surface area contributed by atoms with Crippen molar-refractivity contribution in [2.45, 2.75) is 63.0 Å². The van der Waals surface area contributed by atoms with Gasteiger partial charge in [0.25, 0.3) is 0 Å². The molecule has 0 spiro atoms. The molecule has 15 nitrogen and oxygen atoms in total. The minimum Gasteiger partial charge on any atom is -0.477 e. The Hall–Kier alpha value is -3.75. The molecule has 0 aromatic heterocycles. The van der Waals surface area contributed by atoms with Crippen LogP contribution in [0.2, 0.25) is 0 Å². The molecule has 0 unspecified atom stereocenters. The first-order valence-electron chi connectivity index (χ1n) is 11.5. The molecule has 0 aliphatic carbocycles. The summed E-state index contributed by atoms with van der Waals surface area (Å²) in [6.07, 6.45) is -0.929. The van der Waals surface area contributed by atoms with Gasteiger partial charge in [-0.05, 0) is 25.5 Å². The van der Waals surface area contributed by atoms with E-state index in [9.17, 15) is 19.2 Å². The van der Waals surface area contributed by atoms with Crippen LogP contribution in [0.3, 0.4) is 0 Å². The molecule has 2 rings (SSSR count). The van der Waals surface area contributed by atoms with Gasteiger partial charge in [-0.1, -0.05) is 12.8 Å². The molecule has 0 aromatic rings. The molecule has 2 aliphatic rings. The summed E-state index contributed by atoms with van der Waals surface area (Å²) in [6, 6.07) is -2.05. The van der Waals surface area contributed by atoms with Crippen molar-refractivity contribution in [2.75, 3.05) is 26.8 Å². The van der Waals surface area contributed by atoms with E-state index in [1.165, 1.54) is 13.0 Å². The van der Waals surface area contributed by atoms with Crippen LogP contribution < -0.4 is 27.8 Å². The van der Waals surface area contributed by atoms with E-state index in [0.29, 0.717) is 19.5 Å². The van der Waals surface area contributed by atoms with Gasteiger partial charge in [-0.25, -0.2) is 19.4 Å². The van der Waals surface area contributed by atoms with Crippen LogP contribution in [0.15, 0.2) is 16.8 Å². The minimum absolute atomic E-state index is 0.271. The van der Waals surface area contributed by atoms with Crippen molar-refractivity contribution in [2.24, 2.45) is 22.2 Å². The standard InChI is InChI=1S/C21H34N6O9/c1-11(28)26-15-12(27-19(23)24)9-13(18(29)32-2)34-17(15)16(14-10-33-21(31)35-14)36-20(30)25-8-6-4-3-5-7-22/h9,12,14-17H,3-8,10,22H2,1-2H3,(H,25,30)(H,26,28)(H4,23,24,27)/t12-,14+,15+,16+,17+/m0/s1. The highest BCUT2D eigenvalue weighted by Gasteiger charge is 2.50. The molecule has 1 fully saturated rings. The largest absolute Gasteiger partial charge is 0.508 e. The first kappa shape index (κ1) is 28.5. The summed E-state index contributed by atoms with van der Waals surface area (Å²) in [5.41, 5.74) is 16.6. The summed E-state index contributed by atoms with van der Waals surface area (Å²) in [5.74, 6) is -1.98. The van der Waals surface area contributed by atoms with Crippen LogP contribution in [0.4, 0.5) is 9.59 Å². The third kappa shape index (κ3) is 8.48. The average Bonchev–Trinajstić information content (AvgIpc) is 3.25. The number of methoxy groups -OCH3 is 1. The molecule has 2 heterocycles. The molecule has 202 valence electrons. The summed E-state index contributed by atoms with van der Waals surface area (Å²) in [4.78, 5) is 52.6. The molecule has 5 atom stereocenters. The summed E-state index contributed by atoms with van der Waals surface area (Å²) < 4.78 is 26.1. The van der Waals surface area contributed by atoms with Crippen LogP contribution in [-0.2, 0) is 33.3 Å². The van der Waals surface area contributed by atoms with Gasteiger partial charge in [0.15, 0.2) is 24.3 Å². The summed E-state index contributed by atoms with van der Waals surface area (Å²) in [6.45, 7) is 1.89. The van der Waals surface area contributed by atoms with Gasteiger partial charge in [0, 0.05) is 13.5 Å². The Bertz CT molecular complexity index is 861. The Morgan fingerprint density at radius 2 is 1.92 bits per heavy atom. The SMILES string of the molecule is COC(=O)C1=C[C@H](N=C(N)N)[C@@H](NC(C)=O)[C@H]([C@H](OC(=O)NCCCCCCN)[C@H]2COC(=O)O2)O1. The van der Waals surface area contributed by atoms with Crippen molar-refractivity contribution in [1.29, 1.82) is 0 Å². The lowest BCUT2D eigenvalue weighted by atomic mass is 9.92. The van der Waals surface area contributed by atoms with Gasteiger partial charge in [0.1, 0.15) is 6.61 Å². The third-order valence-corrected chi connectivity index (χ3v) is 5.31. The molecule has 36 heavy (non-hydrogen) atoms. The molecule has 2 amide bonds. The lowest BCUT2D eigenvalue weighted by Crippen LogP contribution is -2.61. The van der Waals surface area contributed by atoms with Crippen LogP contribution >= 0.6 is 0 Å². The quantitative estimate of drug-likeness (QED) is 0.0675. The van der Waals surface area contributed by atoms with Gasteiger partial charge >= 0.3 is 18.2 Å². The maximum Gasteiger partial charge on any atom is 0.508 e. The number of hydrogen-bond acceptors (Lipinski definition) is 11. The highest BCUT2D eigenvalue weighted by atomic mass is 16.8. The van der Waals surface area contributed by atoms with Crippen LogP contribution in [0, 0.1) is 0 Å². The molecule has 15 heteroatoms. The number of unbranched alkanes of at least 4 members (excludes halogenated alkanes) is 3. The minimum atomic E-state index is -1.34. The topological polar surface area (TPSA) is 229 Å². The van der Waals surface area contributed by atoms with E-state index < -0.39 is 54.5 Å². The number of carbonyl (C=O) groups excluding carboxylic acids is 4. The number of hydrogen-bond donors (Lipinski definition) is 5. The molecule has 0 aromatic carbocycles. The average molecular weight is 515 g/mol. The first-order valence-corrected chi connectivity index (χ1v) is 11.5. The van der Waals surface area contributed by atoms with Gasteiger partial charge in [-0.3, -0.25) is 4.79 Å². The fourth-order valence-electron chi connectivity index (χ4n) is 3.73. The summed E-state index contributed by atoms with van der Waals surface area (Å²) in [7, 11) is 1.14. The predicted molar refractivity (Wildman–Crippen MR) is 124 cm³/mol. The van der Waals surface area contributed by atoms with Crippen LogP contribution in [0.5, 0.6) is 0 Å². The Morgan fingerprint density at radius 3 is 2.50 bits per heavy atom. The second-order valence-electron chi connectivity index (χ2n) is 8.09. The van der Waals surface area contributed by atoms with Crippen LogP contribution in [-0.4, -0.2) is 87.3 Å². The number of alkyl carbamates (subject to hydrolysis) is 1. The molecule has 0 bridgehead atoms. The number of carbonyl (C=O) groups is 4. The molecule has 2 aliphatic heterocycles. The van der Waals surface area contributed by atoms with Gasteiger partial charge < -0.3 is 51.5 Å². The number of esters is 1. The Labute approximate surface area is 208 Å². The molecule has 0 radical (unpaired) electrons. The zero-order chi connectivity index (χ0) is 26.7. The van der Waals surface area contributed by atoms with Crippen LogP contribution in [0.25, 0.3) is 0 Å². The smallest absolute Gasteiger partial charge is 0.477 e. The van der Waals surface area contributed by atoms with Crippen molar-refractivity contribution >= 4 is 30.1 Å². The lowest BCUT2D eigenvalue weighted by Gasteiger charge is -2.39. The maximum atomic E-state index is 12.6. The van der Waals surface area contributed by atoms with Gasteiger partial charge in [-0.15, -0.1) is 0 Å². The summed E-state index contributed by atoms with van der Waals surface area (Å²) >= 11 is 0. The number of cyclic esters (lactones) is 2. The van der Waals surface area contributed by atoms with E-state index >= 15 is 0 Å². The fraction of sp³-hybridized carbons (Fsp3) is 0.667. The third-order valence-electron chi connectivity index (χ3n) is 5.31. The molecule has 0 saturated carbocycles. The number of nitrogens with one attached hydrogen (secondary N) is 2. The van der Waals surface area contributed by atoms with Crippen molar-refractivity contribution in [3.8, 4) is 0 Å². The molecular formula is C21H34N6O9. The van der Waals surface area contributed by atoms with Crippen molar-refractivity contribution in [1.82, 2.24) is 10.6 Å². The fourth-order valence-corrected chi connectivity index (χ4v) is 3.73. The second kappa shape index (κ2) is 14.0. The van der Waals surface area contributed by atoms with E-state index in [1.54, 1.807) is 0 Å². The van der Waals surface area contributed by atoms with Crippen LogP contribution in [0.1, 0.15) is 32.6 Å². The number of guanidine groups is 1. The first-order chi connectivity index (χ1) is 17.2. The van der Waals surface area contributed by atoms with Crippen molar-refractivity contribution in [3.63, 3.8) is 0 Å². The number of nitrogens with zero attached hydrogens (tertiary/aromatic N) is 1. The number of amides is 2. The zero-order valence-corrected chi connectivity index (χ0v) is 20.3. The highest BCUT2D eigenvalue weighted by molar-refractivity contribution is 5.87. The maximum absolute atomic E-state index is 12.6. The van der Waals surface area contributed by atoms with E-state index in [2.05, 4.69) is 15.6 Å². The normalized spacial score (nSPS) is 23.6. The lowest BCUT2D eigenvalue weighted by molar-refractivity contribution is -0.147. The number of rotatable bonds is 12. The molecule has 8 N–H and O–H groups in total. The molecular weight excluding hydrogens is 480 g/mol. The van der Waals surface area contributed by atoms with Gasteiger partial charge in [-0.2, -0.15) is 0 Å². The van der Waals surface area contributed by atoms with E-state index in [1.807, 2.05) is 0 Å². The van der Waals surface area contributed by atoms with E-state index in [-0.39, 0.29) is 18.3 Å². The number of aliphatic imine (C=N–C) groups is 1. The summed E-state index contributed by atoms with van der Waals surface area (Å²) in [5, 5.41) is 5.26. The van der Waals surface area contributed by atoms with Crippen molar-refractivity contribution < 1.29 is 42.9 Å². The van der Waals surface area contributed by atoms with Gasteiger partial charge in [0.2, 0.25) is 11.7 Å². The van der Waals surface area contributed by atoms with E-state index in [0.717, 1.165) is 26.4 Å². The Kier molecular flexibility index (Phi) is 11.1. The van der Waals surface area contributed by atoms with Gasteiger partial charge in [0.05, 0.1) is 19.2 Å². The highest BCUT2D eigenvalue weighted by Crippen LogP contribution is 2.29. The monoisotopic (exact) mass is 514 g/mol. The second-order valence-corrected chi connectivity index (χ2v) is 8.09. The van der Waals surface area contributed by atoms with Crippen molar-refractivity contribution in [3.05, 3.63) is 11.8 Å². The number of nitrogens with two attached hydrogens (primary N) is 3. The Morgan fingerprint density at radius 1 is 1.19 bits per heavy atom. The number of ether oxygens (including phenoxy) is 5. The molecule has 1 saturated heterocycles. The Balaban J connectivity index is 2.32. The van der Waals surface area contributed by atoms with E-state index in [4.69, 9.17) is 40.9 Å².